The smallest absolute Gasteiger partial charge is 0.0273 e. The summed E-state index contributed by atoms with van der Waals surface area (Å²) in [6.45, 7) is 9.36. The Hall–Kier alpha value is -7.68. The number of hydrogen-bond acceptors (Lipinski definition) is 2. The Morgan fingerprint density at radius 1 is 0.213 bits per heavy atom. The second-order valence-corrected chi connectivity index (χ2v) is 32.9. The highest BCUT2D eigenvalue weighted by Crippen LogP contribution is 2.59. The molecule has 0 fully saturated rings. The van der Waals surface area contributed by atoms with Gasteiger partial charge >= 0.3 is 0 Å². The number of fused-ring (bicyclic) bond motifs is 6. The van der Waals surface area contributed by atoms with Gasteiger partial charge in [0.1, 0.15) is 0 Å². The van der Waals surface area contributed by atoms with Crippen LogP contribution in [0.1, 0.15) is 355 Å². The van der Waals surface area contributed by atoms with Crippen molar-refractivity contribution in [3.63, 3.8) is 0 Å². The fourth-order valence-corrected chi connectivity index (χ4v) is 18.7. The summed E-state index contributed by atoms with van der Waals surface area (Å²) in [5, 5.41) is 0. The van der Waals surface area contributed by atoms with E-state index in [0.717, 1.165) is 11.1 Å². The van der Waals surface area contributed by atoms with E-state index < -0.39 is 0 Å². The molecule has 0 saturated heterocycles. The molecule has 0 amide bonds. The Morgan fingerprint density at radius 2 is 0.463 bits per heavy atom. The number of hydrogen-bond donors (Lipinski definition) is 0. The summed E-state index contributed by atoms with van der Waals surface area (Å²) in [5.74, 6) is 0. The van der Waals surface area contributed by atoms with E-state index in [4.69, 9.17) is 0 Å². The summed E-state index contributed by atoms with van der Waals surface area (Å²) in [5.41, 5.74) is 27.1. The van der Waals surface area contributed by atoms with Crippen LogP contribution in [0.4, 0.5) is 0 Å². The Kier molecular flexibility index (Phi) is 33.8. The van der Waals surface area contributed by atoms with Crippen molar-refractivity contribution in [3.05, 3.63) is 239 Å². The lowest BCUT2D eigenvalue weighted by atomic mass is 9.69. The number of aromatic nitrogens is 2. The van der Waals surface area contributed by atoms with Crippen molar-refractivity contribution in [2.24, 2.45) is 0 Å². The first-order valence-electron chi connectivity index (χ1n) is 44.5. The van der Waals surface area contributed by atoms with Crippen LogP contribution in [0.5, 0.6) is 0 Å². The van der Waals surface area contributed by atoms with Crippen LogP contribution in [-0.2, 0) is 10.8 Å². The highest BCUT2D eigenvalue weighted by atomic mass is 14.6. The first kappa shape index (κ1) is 81.3. The van der Waals surface area contributed by atoms with Gasteiger partial charge in [-0.3, -0.25) is 9.97 Å². The fourth-order valence-electron chi connectivity index (χ4n) is 18.7. The van der Waals surface area contributed by atoms with Crippen LogP contribution >= 0.6 is 0 Å². The van der Waals surface area contributed by atoms with Gasteiger partial charge in [-0.15, -0.1) is 0 Å². The molecule has 0 atom stereocenters. The van der Waals surface area contributed by atoms with Gasteiger partial charge in [0.2, 0.25) is 0 Å². The van der Waals surface area contributed by atoms with Crippen molar-refractivity contribution in [1.29, 1.82) is 0 Å². The average Bonchev–Trinajstić information content (AvgIpc) is 1.56. The van der Waals surface area contributed by atoms with Crippen molar-refractivity contribution < 1.29 is 0 Å². The molecule has 11 rings (SSSR count). The van der Waals surface area contributed by atoms with Crippen molar-refractivity contribution >= 4 is 24.3 Å². The van der Waals surface area contributed by atoms with Crippen molar-refractivity contribution in [1.82, 2.24) is 9.97 Å². The summed E-state index contributed by atoms with van der Waals surface area (Å²) < 4.78 is 0. The molecular formula is C106H136N2. The Morgan fingerprint density at radius 3 is 0.769 bits per heavy atom. The summed E-state index contributed by atoms with van der Waals surface area (Å²) in [6, 6.07) is 66.9. The second-order valence-electron chi connectivity index (χ2n) is 32.9. The lowest BCUT2D eigenvalue weighted by Gasteiger charge is -2.34. The first-order chi connectivity index (χ1) is 53.5. The molecule has 2 nitrogen and oxygen atoms in total. The van der Waals surface area contributed by atoms with Crippen LogP contribution in [0.15, 0.2) is 195 Å². The molecule has 2 aliphatic rings. The minimum atomic E-state index is -0.145. The van der Waals surface area contributed by atoms with Crippen LogP contribution in [0.2, 0.25) is 0 Å². The van der Waals surface area contributed by atoms with Gasteiger partial charge in [-0.2, -0.15) is 0 Å². The Balaban J connectivity index is 1.02. The number of nitrogens with zero attached hydrogens (tertiary/aromatic N) is 2. The molecule has 108 heavy (non-hydrogen) atoms. The van der Waals surface area contributed by atoms with E-state index in [2.05, 4.69) is 232 Å². The maximum absolute atomic E-state index is 4.41. The highest BCUT2D eigenvalue weighted by Gasteiger charge is 2.45. The zero-order valence-corrected chi connectivity index (χ0v) is 67.8. The van der Waals surface area contributed by atoms with Gasteiger partial charge in [-0.05, 0) is 198 Å². The number of benzene rings is 7. The second kappa shape index (κ2) is 44.8. The molecule has 0 bridgehead atoms. The number of unbranched alkanes of at least 4 members (excludes halogenated alkanes) is 36. The quantitative estimate of drug-likeness (QED) is 0.0355. The first-order valence-corrected chi connectivity index (χ1v) is 44.5. The monoisotopic (exact) mass is 1440 g/mol. The molecule has 0 aliphatic heterocycles. The average molecular weight is 1440 g/mol. The molecule has 2 aliphatic carbocycles. The fraction of sp³-hybridized carbons (Fsp3) is 0.472. The van der Waals surface area contributed by atoms with E-state index in [1.807, 2.05) is 24.8 Å². The van der Waals surface area contributed by atoms with Crippen LogP contribution in [0, 0.1) is 0 Å². The molecule has 0 spiro atoms. The molecule has 9 aromatic rings. The van der Waals surface area contributed by atoms with Crippen molar-refractivity contribution in [3.8, 4) is 66.8 Å². The lowest BCUT2D eigenvalue weighted by molar-refractivity contribution is 0.396. The van der Waals surface area contributed by atoms with Crippen LogP contribution in [0.25, 0.3) is 91.1 Å². The van der Waals surface area contributed by atoms with Crippen LogP contribution in [-0.4, -0.2) is 9.97 Å². The molecule has 7 aromatic carbocycles. The SMILES string of the molecule is CCCCCCCCCCCCC1(CCCCCCCCCCCC)c2cc(-c3ccccc3)ccc2-c2ccc(-c3ccc4c(c3)C(CCCCCCCCCCCC)(CCCCCCCCCCCC)c3cc(-c5cc(/C=C/c6ccncc6)c(-c6ccccc6)cc5/C=C/c5ccncc5)ccc3-4)cc21. The number of rotatable bonds is 52. The van der Waals surface area contributed by atoms with Gasteiger partial charge in [-0.1, -0.05) is 418 Å². The molecule has 0 saturated carbocycles. The predicted octanol–water partition coefficient (Wildman–Crippen LogP) is 33.3. The van der Waals surface area contributed by atoms with Gasteiger partial charge in [-0.25, -0.2) is 0 Å². The van der Waals surface area contributed by atoms with Gasteiger partial charge in [0.05, 0.1) is 0 Å². The maximum atomic E-state index is 4.41. The topological polar surface area (TPSA) is 25.8 Å². The normalized spacial score (nSPS) is 13.2. The van der Waals surface area contributed by atoms with Gasteiger partial charge in [0.15, 0.2) is 0 Å². The minimum absolute atomic E-state index is 0.0514. The predicted molar refractivity (Wildman–Crippen MR) is 473 cm³/mol. The highest BCUT2D eigenvalue weighted by molar-refractivity contribution is 5.93. The standard InChI is InChI=1S/C106H136N2/c1-5-9-13-17-21-25-29-33-37-47-71-105(72-48-38-34-30-26-22-18-14-10-6-2)101-81-89(87-51-43-41-44-52-87)59-63-95(101)96-64-60-90(82-102(96)105)91-61-65-97-98-66-62-94(84-104(98)106(103(97)83-91,73-49-39-35-31-27-23-19-15-11-7-3)74-50-40-36-32-28-24-20-16-12-8-4)100-80-92(57-55-85-67-75-107-76-68-85)99(88-53-45-42-46-54-88)79-93(100)58-56-86-69-77-108-78-70-86/h41-46,51-70,75-84H,5-40,47-50,71-74H2,1-4H3/b57-55+,58-56+. The van der Waals surface area contributed by atoms with E-state index in [9.17, 15) is 0 Å². The van der Waals surface area contributed by atoms with Crippen molar-refractivity contribution in [2.75, 3.05) is 0 Å². The number of pyridine rings is 2. The zero-order valence-electron chi connectivity index (χ0n) is 67.8. The molecular weight excluding hydrogens is 1300 g/mol. The van der Waals surface area contributed by atoms with Crippen molar-refractivity contribution in [2.45, 2.75) is 321 Å². The molecule has 2 heterocycles. The van der Waals surface area contributed by atoms with Gasteiger partial charge in [0.25, 0.3) is 0 Å². The maximum Gasteiger partial charge on any atom is 0.0273 e. The third kappa shape index (κ3) is 22.7. The summed E-state index contributed by atoms with van der Waals surface area (Å²) in [6.07, 6.45) is 75.6. The van der Waals surface area contributed by atoms with Gasteiger partial charge < -0.3 is 0 Å². The molecule has 0 unspecified atom stereocenters. The van der Waals surface area contributed by atoms with E-state index in [-0.39, 0.29) is 10.8 Å². The molecule has 0 radical (unpaired) electrons. The third-order valence-corrected chi connectivity index (χ3v) is 24.9. The summed E-state index contributed by atoms with van der Waals surface area (Å²) in [4.78, 5) is 8.79. The third-order valence-electron chi connectivity index (χ3n) is 24.9. The van der Waals surface area contributed by atoms with Crippen LogP contribution in [0.3, 0.4) is 0 Å². The summed E-state index contributed by atoms with van der Waals surface area (Å²) >= 11 is 0. The molecule has 2 heteroatoms. The molecule has 2 aromatic heterocycles. The molecule has 0 N–H and O–H groups in total. The lowest BCUT2D eigenvalue weighted by Crippen LogP contribution is -2.26. The molecule has 570 valence electrons. The Bertz CT molecular complexity index is 4070. The largest absolute Gasteiger partial charge is 0.265 e. The van der Waals surface area contributed by atoms with E-state index in [1.54, 1.807) is 22.3 Å². The Labute approximate surface area is 657 Å². The van der Waals surface area contributed by atoms with E-state index in [1.165, 1.54) is 360 Å². The van der Waals surface area contributed by atoms with E-state index in [0.29, 0.717) is 0 Å². The summed E-state index contributed by atoms with van der Waals surface area (Å²) in [7, 11) is 0. The van der Waals surface area contributed by atoms with Gasteiger partial charge in [0, 0.05) is 35.6 Å². The van der Waals surface area contributed by atoms with Crippen LogP contribution < -0.4 is 0 Å². The zero-order chi connectivity index (χ0) is 74.5. The van der Waals surface area contributed by atoms with E-state index >= 15 is 0 Å². The minimum Gasteiger partial charge on any atom is -0.265 e.